The number of hydrogen-bond donors (Lipinski definition) is 2. The van der Waals surface area contributed by atoms with E-state index in [4.69, 9.17) is 21.7 Å². The number of fused-ring (bicyclic) bond motifs is 3. The Morgan fingerprint density at radius 2 is 2.14 bits per heavy atom. The molecule has 0 unspecified atom stereocenters. The Balaban J connectivity index is 1.29. The van der Waals surface area contributed by atoms with E-state index in [2.05, 4.69) is 15.8 Å². The fourth-order valence-corrected chi connectivity index (χ4v) is 3.99. The van der Waals surface area contributed by atoms with Crippen LogP contribution in [0.3, 0.4) is 0 Å². The molecule has 3 aliphatic rings. The van der Waals surface area contributed by atoms with E-state index in [1.54, 1.807) is 6.21 Å². The molecule has 1 heterocycles. The molecule has 6 heteroatoms. The number of benzene rings is 1. The summed E-state index contributed by atoms with van der Waals surface area (Å²) in [6.45, 7) is 0.283. The van der Waals surface area contributed by atoms with E-state index in [1.807, 2.05) is 18.2 Å². The van der Waals surface area contributed by atoms with Crippen LogP contribution >= 0.6 is 12.2 Å². The molecular formula is C16H19N3O2S. The Morgan fingerprint density at radius 3 is 2.95 bits per heavy atom. The summed E-state index contributed by atoms with van der Waals surface area (Å²) in [5.41, 5.74) is 3.85. The zero-order chi connectivity index (χ0) is 14.9. The van der Waals surface area contributed by atoms with Gasteiger partial charge in [0.1, 0.15) is 0 Å². The van der Waals surface area contributed by atoms with Crippen LogP contribution in [0.5, 0.6) is 11.5 Å². The van der Waals surface area contributed by atoms with Gasteiger partial charge in [-0.3, -0.25) is 5.43 Å². The van der Waals surface area contributed by atoms with Gasteiger partial charge in [0.2, 0.25) is 6.79 Å². The van der Waals surface area contributed by atoms with Crippen molar-refractivity contribution >= 4 is 23.5 Å². The highest BCUT2D eigenvalue weighted by Gasteiger charge is 2.39. The van der Waals surface area contributed by atoms with Crippen molar-refractivity contribution in [3.63, 3.8) is 0 Å². The highest BCUT2D eigenvalue weighted by Crippen LogP contribution is 2.44. The average molecular weight is 317 g/mol. The summed E-state index contributed by atoms with van der Waals surface area (Å²) in [5, 5.41) is 8.20. The molecule has 2 N–H and O–H groups in total. The second-order valence-electron chi connectivity index (χ2n) is 6.24. The highest BCUT2D eigenvalue weighted by molar-refractivity contribution is 7.80. The van der Waals surface area contributed by atoms with Crippen LogP contribution in [0.25, 0.3) is 0 Å². The van der Waals surface area contributed by atoms with E-state index in [-0.39, 0.29) is 6.79 Å². The van der Waals surface area contributed by atoms with Gasteiger partial charge in [-0.2, -0.15) is 5.10 Å². The van der Waals surface area contributed by atoms with Gasteiger partial charge in [-0.15, -0.1) is 0 Å². The lowest BCUT2D eigenvalue weighted by molar-refractivity contribution is 0.174. The largest absolute Gasteiger partial charge is 0.454 e. The van der Waals surface area contributed by atoms with Crippen LogP contribution in [0.2, 0.25) is 0 Å². The van der Waals surface area contributed by atoms with Crippen LogP contribution in [0.1, 0.15) is 31.2 Å². The molecule has 1 aliphatic heterocycles. The number of nitrogens with one attached hydrogen (secondary N) is 2. The fourth-order valence-electron chi connectivity index (χ4n) is 3.78. The molecule has 0 saturated heterocycles. The third-order valence-corrected chi connectivity index (χ3v) is 5.04. The van der Waals surface area contributed by atoms with Crippen LogP contribution in [-0.2, 0) is 0 Å². The molecule has 1 aromatic rings. The second-order valence-corrected chi connectivity index (χ2v) is 6.65. The van der Waals surface area contributed by atoms with Crippen molar-refractivity contribution in [1.82, 2.24) is 10.7 Å². The summed E-state index contributed by atoms with van der Waals surface area (Å²) in [6, 6.07) is 6.25. The quantitative estimate of drug-likeness (QED) is 0.509. The molecule has 0 radical (unpaired) electrons. The zero-order valence-corrected chi connectivity index (χ0v) is 13.1. The van der Waals surface area contributed by atoms with Crippen LogP contribution in [-0.4, -0.2) is 24.2 Å². The summed E-state index contributed by atoms with van der Waals surface area (Å²) in [7, 11) is 0. The van der Waals surface area contributed by atoms with Gasteiger partial charge >= 0.3 is 0 Å². The van der Waals surface area contributed by atoms with E-state index in [0.717, 1.165) is 28.9 Å². The number of thiocarbonyl (C=S) groups is 1. The summed E-state index contributed by atoms with van der Waals surface area (Å²) in [4.78, 5) is 0. The molecule has 0 aromatic heterocycles. The second kappa shape index (κ2) is 5.76. The number of hydrazone groups is 1. The summed E-state index contributed by atoms with van der Waals surface area (Å²) in [6.07, 6.45) is 7.08. The lowest BCUT2D eigenvalue weighted by Crippen LogP contribution is -2.42. The van der Waals surface area contributed by atoms with Crippen molar-refractivity contribution in [2.45, 2.75) is 31.7 Å². The molecule has 1 aromatic carbocycles. The third kappa shape index (κ3) is 2.75. The Kier molecular flexibility index (Phi) is 3.62. The highest BCUT2D eigenvalue weighted by atomic mass is 32.1. The minimum atomic E-state index is 0.283. The van der Waals surface area contributed by atoms with E-state index in [1.165, 1.54) is 25.7 Å². The first-order valence-corrected chi connectivity index (χ1v) is 8.18. The monoisotopic (exact) mass is 317 g/mol. The first-order chi connectivity index (χ1) is 10.8. The number of hydrogen-bond acceptors (Lipinski definition) is 4. The lowest BCUT2D eigenvalue weighted by Gasteiger charge is -2.23. The van der Waals surface area contributed by atoms with Crippen molar-refractivity contribution in [3.8, 4) is 11.5 Å². The smallest absolute Gasteiger partial charge is 0.231 e. The lowest BCUT2D eigenvalue weighted by atomic mass is 9.96. The number of rotatable bonds is 3. The summed E-state index contributed by atoms with van der Waals surface area (Å²) < 4.78 is 10.6. The maximum absolute atomic E-state index is 5.34. The zero-order valence-electron chi connectivity index (χ0n) is 12.2. The molecule has 5 nitrogen and oxygen atoms in total. The normalized spacial score (nSPS) is 28.3. The van der Waals surface area contributed by atoms with Crippen molar-refractivity contribution < 1.29 is 9.47 Å². The Morgan fingerprint density at radius 1 is 1.23 bits per heavy atom. The first-order valence-electron chi connectivity index (χ1n) is 7.77. The molecule has 3 atom stereocenters. The summed E-state index contributed by atoms with van der Waals surface area (Å²) >= 11 is 5.32. The van der Waals surface area contributed by atoms with Crippen LogP contribution in [0.4, 0.5) is 0 Å². The van der Waals surface area contributed by atoms with Crippen LogP contribution in [0.15, 0.2) is 23.3 Å². The minimum Gasteiger partial charge on any atom is -0.454 e. The number of nitrogens with zero attached hydrogens (tertiary/aromatic N) is 1. The van der Waals surface area contributed by atoms with Crippen molar-refractivity contribution in [3.05, 3.63) is 23.8 Å². The summed E-state index contributed by atoms with van der Waals surface area (Å²) in [5.74, 6) is 3.23. The molecule has 2 fully saturated rings. The van der Waals surface area contributed by atoms with Gasteiger partial charge in [0.05, 0.1) is 6.21 Å². The van der Waals surface area contributed by atoms with E-state index >= 15 is 0 Å². The van der Waals surface area contributed by atoms with Crippen molar-refractivity contribution in [2.24, 2.45) is 16.9 Å². The van der Waals surface area contributed by atoms with Gasteiger partial charge in [-0.05, 0) is 67.1 Å². The number of ether oxygens (including phenoxy) is 2. The minimum absolute atomic E-state index is 0.283. The predicted molar refractivity (Wildman–Crippen MR) is 88.3 cm³/mol. The third-order valence-electron chi connectivity index (χ3n) is 4.83. The molecule has 0 amide bonds. The molecule has 2 aliphatic carbocycles. The Hall–Kier alpha value is -1.82. The van der Waals surface area contributed by atoms with Crippen LogP contribution < -0.4 is 20.2 Å². The standard InChI is InChI=1S/C16H19N3O2S/c22-16(18-13-6-10-1-3-12(13)5-10)19-17-8-11-2-4-14-15(7-11)21-9-20-14/h2,4,7-8,10,12-13H,1,3,5-6,9H2,(H2,18,19,22)/b17-8-/t10-,12-,13-/m0/s1. The van der Waals surface area contributed by atoms with Gasteiger partial charge in [0, 0.05) is 6.04 Å². The van der Waals surface area contributed by atoms with E-state index in [9.17, 15) is 0 Å². The van der Waals surface area contributed by atoms with Gasteiger partial charge in [0.15, 0.2) is 16.6 Å². The van der Waals surface area contributed by atoms with E-state index in [0.29, 0.717) is 11.2 Å². The Bertz CT molecular complexity index is 619. The van der Waals surface area contributed by atoms with Gasteiger partial charge in [0.25, 0.3) is 0 Å². The fraction of sp³-hybridized carbons (Fsp3) is 0.500. The molecule has 4 rings (SSSR count). The topological polar surface area (TPSA) is 54.9 Å². The first kappa shape index (κ1) is 13.8. The maximum atomic E-state index is 5.34. The average Bonchev–Trinajstić information content (AvgIpc) is 3.22. The molecular weight excluding hydrogens is 298 g/mol. The van der Waals surface area contributed by atoms with E-state index < -0.39 is 0 Å². The predicted octanol–water partition coefficient (Wildman–Crippen LogP) is 2.40. The molecule has 0 spiro atoms. The molecule has 2 saturated carbocycles. The van der Waals surface area contributed by atoms with Crippen LogP contribution in [0, 0.1) is 11.8 Å². The van der Waals surface area contributed by atoms with Crippen molar-refractivity contribution in [1.29, 1.82) is 0 Å². The molecule has 2 bridgehead atoms. The SMILES string of the molecule is S=C(N/N=C\c1ccc2c(c1)OCO2)N[C@H]1C[C@H]2CC[C@H]1C2. The van der Waals surface area contributed by atoms with Gasteiger partial charge < -0.3 is 14.8 Å². The molecule has 22 heavy (non-hydrogen) atoms. The Labute approximate surface area is 135 Å². The van der Waals surface area contributed by atoms with Crippen molar-refractivity contribution in [2.75, 3.05) is 6.79 Å². The molecule has 116 valence electrons. The maximum Gasteiger partial charge on any atom is 0.231 e. The van der Waals surface area contributed by atoms with Gasteiger partial charge in [-0.1, -0.05) is 6.42 Å². The van der Waals surface area contributed by atoms with Gasteiger partial charge in [-0.25, -0.2) is 0 Å².